The molecule has 6 aromatic rings. The van der Waals surface area contributed by atoms with Gasteiger partial charge in [-0.25, -0.2) is 17.6 Å². The van der Waals surface area contributed by atoms with Gasteiger partial charge in [0.05, 0.1) is 99.9 Å². The van der Waals surface area contributed by atoms with Gasteiger partial charge in [0.25, 0.3) is 23.7 Å². The van der Waals surface area contributed by atoms with Crippen LogP contribution in [0, 0.1) is 22.7 Å². The molecule has 3 saturated heterocycles. The fraction of sp³-hybridized carbons (Fsp3) is 0.412. The second kappa shape index (κ2) is 33.0. The summed E-state index contributed by atoms with van der Waals surface area (Å²) in [6.45, 7) is -1.62. The first-order valence-electron chi connectivity index (χ1n) is 31.7. The van der Waals surface area contributed by atoms with Crippen LogP contribution in [0.4, 0.5) is 17.6 Å². The second-order valence-electron chi connectivity index (χ2n) is 24.1. The number of carbonyl (C=O) groups excluding carboxylic acids is 5. The Bertz CT molecular complexity index is 3750. The maximum Gasteiger partial charge on any atom is 0.317 e. The smallest absolute Gasteiger partial charge is 0.317 e. The number of pyridine rings is 2. The average Bonchev–Trinajstić information content (AvgIpc) is 1.16. The highest BCUT2D eigenvalue weighted by atomic mass is 19.3. The van der Waals surface area contributed by atoms with Crippen molar-refractivity contribution in [1.29, 1.82) is 10.5 Å². The summed E-state index contributed by atoms with van der Waals surface area (Å²) in [7, 11) is 0. The maximum absolute atomic E-state index is 14.6. The van der Waals surface area contributed by atoms with Crippen molar-refractivity contribution in [1.82, 2.24) is 54.9 Å². The van der Waals surface area contributed by atoms with Crippen molar-refractivity contribution >= 4 is 69.2 Å². The van der Waals surface area contributed by atoms with Crippen molar-refractivity contribution in [2.45, 2.75) is 49.6 Å². The molecule has 0 aliphatic carbocycles. The number of rotatable bonds is 26. The van der Waals surface area contributed by atoms with Gasteiger partial charge in [-0.3, -0.25) is 67.9 Å². The number of ether oxygens (including phenoxy) is 2. The normalized spacial score (nSPS) is 17.8. The molecule has 2 atom stereocenters. The predicted octanol–water partition coefficient (Wildman–Crippen LogP) is 4.64. The van der Waals surface area contributed by atoms with E-state index in [0.29, 0.717) is 57.3 Å². The molecule has 4 aromatic carbocycles. The molecule has 0 radical (unpaired) electrons. The lowest BCUT2D eigenvalue weighted by Gasteiger charge is -2.33. The zero-order chi connectivity index (χ0) is 70.1. The number of halogens is 4. The molecule has 0 spiro atoms. The summed E-state index contributed by atoms with van der Waals surface area (Å²) in [6.07, 6.45) is 2.05. The minimum atomic E-state index is -3.21. The molecule has 5 heterocycles. The van der Waals surface area contributed by atoms with Crippen LogP contribution in [0.2, 0.25) is 0 Å². The second-order valence-corrected chi connectivity index (χ2v) is 24.1. The third-order valence-corrected chi connectivity index (χ3v) is 17.0. The Hall–Kier alpha value is -10.4. The Kier molecular flexibility index (Phi) is 24.2. The van der Waals surface area contributed by atoms with Crippen LogP contribution in [-0.4, -0.2) is 262 Å². The zero-order valence-corrected chi connectivity index (χ0v) is 53.4. The van der Waals surface area contributed by atoms with Gasteiger partial charge in [0.2, 0.25) is 17.7 Å². The Balaban J connectivity index is 0.843. The van der Waals surface area contributed by atoms with E-state index >= 15 is 0 Å². The summed E-state index contributed by atoms with van der Waals surface area (Å²) in [5.74, 6) is -11.8. The van der Waals surface area contributed by atoms with E-state index in [-0.39, 0.29) is 122 Å². The van der Waals surface area contributed by atoms with Gasteiger partial charge < -0.3 is 50.1 Å². The summed E-state index contributed by atoms with van der Waals surface area (Å²) in [5, 5.41) is 53.8. The molecular weight excluding hydrogens is 1280 g/mol. The van der Waals surface area contributed by atoms with Gasteiger partial charge in [0.15, 0.2) is 0 Å². The molecule has 2 aromatic heterocycles. The number of carboxylic acid groups (broad SMARTS) is 3. The summed E-state index contributed by atoms with van der Waals surface area (Å²) in [4.78, 5) is 122. The molecule has 3 aliphatic heterocycles. The van der Waals surface area contributed by atoms with E-state index in [1.165, 1.54) is 24.5 Å². The van der Waals surface area contributed by atoms with E-state index in [1.807, 2.05) is 41.3 Å². The Morgan fingerprint density at radius 3 is 1.20 bits per heavy atom. The summed E-state index contributed by atoms with van der Waals surface area (Å²) in [5.41, 5.74) is 4.25. The molecule has 3 fully saturated rings. The predicted molar refractivity (Wildman–Crippen MR) is 346 cm³/mol. The van der Waals surface area contributed by atoms with Gasteiger partial charge in [0, 0.05) is 101 Å². The first-order valence-corrected chi connectivity index (χ1v) is 31.7. The number of nitrogens with one attached hydrogen (secondary N) is 2. The first-order chi connectivity index (χ1) is 46.9. The van der Waals surface area contributed by atoms with Crippen LogP contribution in [0.1, 0.15) is 46.4 Å². The lowest BCUT2D eigenvalue weighted by molar-refractivity contribution is -0.140. The number of aliphatic carboxylic acids is 3. The van der Waals surface area contributed by atoms with Crippen molar-refractivity contribution in [3.8, 4) is 45.9 Å². The SMILES string of the molecule is N#C[C@@H]1CC(F)(F)CN1C(=O)CNC(=O)c1ccnc2ccc(-c3ccc(OCCCN(CCCOc4ccc(-c5ccc6nccc(C(=O)NCC(=O)N7CC(F)(F)C[C@H]7C#N)c6c5)cc4)C(=O)CN4CCN(CC(=O)O)CCN(CC(=O)O)CCN(CC(=O)O)CC4)cc3)cc12. The number of benzene rings is 4. The molecule has 0 saturated carbocycles. The standard InChI is InChI=1S/C68H73F4N13O13/c69-67(70)33-49(35-73)84(43-67)59(86)37-77-65(95)53-15-17-75-57-13-7-47(31-55(53)57)45-3-9-51(10-4-45)97-29-1-19-83(61(88)39-79-21-23-80(40-62(89)90)25-27-82(42-64(93)94)28-26-81(24-22-79)41-63(91)92)20-2-30-98-52-11-5-46(6-12-52)48-8-14-58-56(32-48)54(16-18-76-58)66(96)78-38-60(87)85-44-68(71,72)34-50(85)36-74/h3-18,31-32,49-50H,1-2,19-30,33-34,37-44H2,(H,77,95)(H,78,96)(H,89,90)(H,91,92)(H,93,94)/t49-,50-/m0/s1. The minimum absolute atomic E-state index is 0.108. The highest BCUT2D eigenvalue weighted by Gasteiger charge is 2.48. The molecule has 0 unspecified atom stereocenters. The van der Waals surface area contributed by atoms with Crippen molar-refractivity contribution in [3.05, 3.63) is 121 Å². The molecule has 5 amide bonds. The molecule has 0 bridgehead atoms. The fourth-order valence-corrected chi connectivity index (χ4v) is 12.0. The Morgan fingerprint density at radius 2 is 0.857 bits per heavy atom. The number of nitrogens with zero attached hydrogens (tertiary/aromatic N) is 11. The molecular formula is C68H73F4N13O13. The van der Waals surface area contributed by atoms with Gasteiger partial charge in [0.1, 0.15) is 23.6 Å². The highest BCUT2D eigenvalue weighted by Crippen LogP contribution is 2.34. The highest BCUT2D eigenvalue weighted by molar-refractivity contribution is 6.09. The van der Waals surface area contributed by atoms with Gasteiger partial charge in [-0.05, 0) is 95.8 Å². The Labute approximate surface area is 560 Å². The number of hydrogen-bond donors (Lipinski definition) is 5. The van der Waals surface area contributed by atoms with E-state index in [1.54, 1.807) is 80.3 Å². The number of alkyl halides is 4. The van der Waals surface area contributed by atoms with Crippen LogP contribution in [0.15, 0.2) is 109 Å². The van der Waals surface area contributed by atoms with Crippen molar-refractivity contribution < 1.29 is 80.7 Å². The third kappa shape index (κ3) is 19.9. The summed E-state index contributed by atoms with van der Waals surface area (Å²) >= 11 is 0. The molecule has 30 heteroatoms. The Morgan fingerprint density at radius 1 is 0.510 bits per heavy atom. The zero-order valence-electron chi connectivity index (χ0n) is 53.4. The number of hydrogen-bond acceptors (Lipinski definition) is 18. The monoisotopic (exact) mass is 1360 g/mol. The van der Waals surface area contributed by atoms with Crippen LogP contribution in [0.25, 0.3) is 44.1 Å². The van der Waals surface area contributed by atoms with Gasteiger partial charge >= 0.3 is 17.9 Å². The van der Waals surface area contributed by atoms with Gasteiger partial charge in [-0.1, -0.05) is 36.4 Å². The van der Waals surface area contributed by atoms with Crippen molar-refractivity contribution in [3.63, 3.8) is 0 Å². The van der Waals surface area contributed by atoms with Crippen LogP contribution in [0.3, 0.4) is 0 Å². The van der Waals surface area contributed by atoms with Gasteiger partial charge in [-0.15, -0.1) is 0 Å². The number of aromatic nitrogens is 2. The van der Waals surface area contributed by atoms with Crippen LogP contribution < -0.4 is 20.1 Å². The fourth-order valence-electron chi connectivity index (χ4n) is 12.0. The first kappa shape index (κ1) is 71.9. The number of fused-ring (bicyclic) bond motifs is 2. The van der Waals surface area contributed by atoms with E-state index in [0.717, 1.165) is 20.9 Å². The topological polar surface area (TPSA) is 336 Å². The van der Waals surface area contributed by atoms with Gasteiger partial charge in [-0.2, -0.15) is 10.5 Å². The average molecular weight is 1360 g/mol. The number of likely N-dealkylation sites (tertiary alicyclic amines) is 2. The van der Waals surface area contributed by atoms with Crippen molar-refractivity contribution in [2.75, 3.05) is 131 Å². The molecule has 3 aliphatic rings. The van der Waals surface area contributed by atoms with E-state index in [4.69, 9.17) is 9.47 Å². The van der Waals surface area contributed by atoms with Crippen LogP contribution in [-0.2, 0) is 28.8 Å². The lowest BCUT2D eigenvalue weighted by atomic mass is 10.0. The number of nitriles is 2. The molecule has 9 rings (SSSR count). The molecule has 5 N–H and O–H groups in total. The summed E-state index contributed by atoms with van der Waals surface area (Å²) in [6, 6.07) is 28.7. The molecule has 26 nitrogen and oxygen atoms in total. The maximum atomic E-state index is 14.6. The minimum Gasteiger partial charge on any atom is -0.494 e. The number of amides is 5. The van der Waals surface area contributed by atoms with E-state index < -0.39 is 104 Å². The van der Waals surface area contributed by atoms with E-state index in [9.17, 15) is 81.8 Å². The third-order valence-electron chi connectivity index (χ3n) is 17.0. The largest absolute Gasteiger partial charge is 0.494 e. The molecule has 98 heavy (non-hydrogen) atoms. The number of carboxylic acids is 3. The van der Waals surface area contributed by atoms with Crippen LogP contribution >= 0.6 is 0 Å². The lowest BCUT2D eigenvalue weighted by Crippen LogP contribution is -2.50. The van der Waals surface area contributed by atoms with Crippen molar-refractivity contribution in [2.24, 2.45) is 0 Å². The quantitative estimate of drug-likeness (QED) is 0.0365. The van der Waals surface area contributed by atoms with Crippen LogP contribution in [0.5, 0.6) is 11.5 Å². The summed E-state index contributed by atoms with van der Waals surface area (Å²) < 4.78 is 68.5. The molecule has 516 valence electrons. The number of carbonyl (C=O) groups is 8. The van der Waals surface area contributed by atoms with E-state index in [2.05, 4.69) is 20.6 Å².